The van der Waals surface area contributed by atoms with Crippen LogP contribution in [0.2, 0.25) is 5.02 Å². The standard InChI is InChI=1S/C18H12ClNO3/c1-10-15(17(21)11-5-3-2-4-6-11)16-13-8-7-12(19)9-14(13)20-18(16)23-22-10/h2-9,20H,1H3. The Hall–Kier alpha value is -2.72. The minimum atomic E-state index is -0.108. The van der Waals surface area contributed by atoms with E-state index >= 15 is 0 Å². The first-order chi connectivity index (χ1) is 11.1. The maximum atomic E-state index is 12.9. The first-order valence-corrected chi connectivity index (χ1v) is 7.49. The fraction of sp³-hybridized carbons (Fsp3) is 0.0556. The fourth-order valence-corrected chi connectivity index (χ4v) is 2.96. The molecule has 114 valence electrons. The molecule has 0 fully saturated rings. The van der Waals surface area contributed by atoms with E-state index in [2.05, 4.69) is 4.98 Å². The Morgan fingerprint density at radius 2 is 1.87 bits per heavy atom. The van der Waals surface area contributed by atoms with Crippen molar-refractivity contribution < 1.29 is 14.6 Å². The van der Waals surface area contributed by atoms with E-state index in [1.165, 1.54) is 0 Å². The number of fused-ring (bicyclic) bond motifs is 3. The molecule has 0 atom stereocenters. The lowest BCUT2D eigenvalue weighted by atomic mass is 9.94. The van der Waals surface area contributed by atoms with Gasteiger partial charge in [0.2, 0.25) is 0 Å². The molecule has 23 heavy (non-hydrogen) atoms. The number of aromatic amines is 1. The minimum Gasteiger partial charge on any atom is -0.321 e. The average Bonchev–Trinajstić information content (AvgIpc) is 2.92. The van der Waals surface area contributed by atoms with Crippen LogP contribution < -0.4 is 4.89 Å². The number of rotatable bonds is 2. The second-order valence-electron chi connectivity index (χ2n) is 5.31. The molecule has 0 radical (unpaired) electrons. The minimum absolute atomic E-state index is 0.108. The second kappa shape index (κ2) is 5.18. The van der Waals surface area contributed by atoms with E-state index in [1.54, 1.807) is 31.2 Å². The van der Waals surface area contributed by atoms with Crippen LogP contribution in [0.5, 0.6) is 5.88 Å². The number of hydrogen-bond acceptors (Lipinski definition) is 3. The summed E-state index contributed by atoms with van der Waals surface area (Å²) in [5, 5.41) is 1.47. The number of ketones is 1. The van der Waals surface area contributed by atoms with Crippen LogP contribution in [0.3, 0.4) is 0 Å². The number of allylic oxidation sites excluding steroid dienone is 2. The third-order valence-electron chi connectivity index (χ3n) is 3.84. The molecule has 4 rings (SSSR count). The molecule has 0 bridgehead atoms. The second-order valence-corrected chi connectivity index (χ2v) is 5.75. The van der Waals surface area contributed by atoms with E-state index in [0.29, 0.717) is 33.4 Å². The van der Waals surface area contributed by atoms with E-state index in [1.807, 2.05) is 24.3 Å². The van der Waals surface area contributed by atoms with Crippen LogP contribution in [0.4, 0.5) is 0 Å². The molecule has 4 nitrogen and oxygen atoms in total. The first-order valence-electron chi connectivity index (χ1n) is 7.12. The molecule has 1 N–H and O–H groups in total. The zero-order chi connectivity index (χ0) is 16.0. The summed E-state index contributed by atoms with van der Waals surface area (Å²) in [6, 6.07) is 14.5. The number of carbonyl (C=O) groups excluding carboxylic acids is 1. The molecule has 1 aliphatic heterocycles. The topological polar surface area (TPSA) is 51.3 Å². The maximum absolute atomic E-state index is 12.9. The molecule has 1 aromatic heterocycles. The Morgan fingerprint density at radius 3 is 2.65 bits per heavy atom. The van der Waals surface area contributed by atoms with Gasteiger partial charge in [-0.15, -0.1) is 0 Å². The highest BCUT2D eigenvalue weighted by atomic mass is 35.5. The number of H-pyrrole nitrogens is 1. The number of carbonyl (C=O) groups is 1. The molecule has 0 unspecified atom stereocenters. The Morgan fingerprint density at radius 1 is 1.09 bits per heavy atom. The number of hydrogen-bond donors (Lipinski definition) is 1. The average molecular weight is 326 g/mol. The number of nitrogens with one attached hydrogen (secondary N) is 1. The Kier molecular flexibility index (Phi) is 3.13. The van der Waals surface area contributed by atoms with Gasteiger partial charge in [0, 0.05) is 16.0 Å². The molecule has 5 heteroatoms. The van der Waals surface area contributed by atoms with Crippen LogP contribution in [0.25, 0.3) is 16.5 Å². The first kappa shape index (κ1) is 13.9. The molecule has 0 saturated carbocycles. The van der Waals surface area contributed by atoms with Gasteiger partial charge in [-0.3, -0.25) is 14.6 Å². The van der Waals surface area contributed by atoms with Crippen molar-refractivity contribution >= 4 is 33.9 Å². The monoisotopic (exact) mass is 325 g/mol. The lowest BCUT2D eigenvalue weighted by Crippen LogP contribution is -2.13. The van der Waals surface area contributed by atoms with Crippen molar-refractivity contribution in [3.63, 3.8) is 0 Å². The molecule has 0 aliphatic carbocycles. The summed E-state index contributed by atoms with van der Waals surface area (Å²) >= 11 is 6.03. The van der Waals surface area contributed by atoms with E-state index in [9.17, 15) is 4.79 Å². The van der Waals surface area contributed by atoms with Crippen LogP contribution in [0, 0.1) is 0 Å². The largest absolute Gasteiger partial charge is 0.321 e. The smallest absolute Gasteiger partial charge is 0.257 e. The van der Waals surface area contributed by atoms with Crippen LogP contribution in [0.15, 0.2) is 54.3 Å². The molecule has 0 amide bonds. The van der Waals surface area contributed by atoms with Crippen molar-refractivity contribution in [1.82, 2.24) is 4.98 Å². The van der Waals surface area contributed by atoms with Crippen molar-refractivity contribution in [2.45, 2.75) is 6.92 Å². The number of aromatic nitrogens is 1. The fourth-order valence-electron chi connectivity index (χ4n) is 2.78. The molecular formula is C18H12ClNO3. The van der Waals surface area contributed by atoms with Gasteiger partial charge in [-0.1, -0.05) is 48.0 Å². The molecule has 3 aromatic rings. The summed E-state index contributed by atoms with van der Waals surface area (Å²) in [4.78, 5) is 26.5. The molecule has 0 spiro atoms. The van der Waals surface area contributed by atoms with E-state index in [4.69, 9.17) is 21.4 Å². The van der Waals surface area contributed by atoms with Gasteiger partial charge in [-0.2, -0.15) is 0 Å². The van der Waals surface area contributed by atoms with Crippen LogP contribution in [0.1, 0.15) is 22.8 Å². The lowest BCUT2D eigenvalue weighted by Gasteiger charge is -2.17. The van der Waals surface area contributed by atoms with Crippen LogP contribution >= 0.6 is 11.6 Å². The van der Waals surface area contributed by atoms with E-state index in [0.717, 1.165) is 10.9 Å². The van der Waals surface area contributed by atoms with Gasteiger partial charge in [0.25, 0.3) is 5.88 Å². The van der Waals surface area contributed by atoms with E-state index < -0.39 is 0 Å². The summed E-state index contributed by atoms with van der Waals surface area (Å²) in [6.07, 6.45) is 0. The number of Topliss-reactive ketones (excluding diaryl/α,β-unsaturated/α-hetero) is 1. The molecular weight excluding hydrogens is 314 g/mol. The number of benzene rings is 2. The highest BCUT2D eigenvalue weighted by Crippen LogP contribution is 2.41. The van der Waals surface area contributed by atoms with Crippen LogP contribution in [-0.2, 0) is 4.89 Å². The predicted octanol–water partition coefficient (Wildman–Crippen LogP) is 4.76. The van der Waals surface area contributed by atoms with Gasteiger partial charge in [0.1, 0.15) is 0 Å². The maximum Gasteiger partial charge on any atom is 0.257 e. The summed E-state index contributed by atoms with van der Waals surface area (Å²) in [6.45, 7) is 1.72. The van der Waals surface area contributed by atoms with Gasteiger partial charge in [0.05, 0.1) is 16.7 Å². The van der Waals surface area contributed by atoms with Gasteiger partial charge < -0.3 is 4.98 Å². The zero-order valence-corrected chi connectivity index (χ0v) is 13.0. The van der Waals surface area contributed by atoms with Gasteiger partial charge in [-0.05, 0) is 19.1 Å². The lowest BCUT2D eigenvalue weighted by molar-refractivity contribution is -0.171. The Balaban J connectivity index is 1.95. The van der Waals surface area contributed by atoms with E-state index in [-0.39, 0.29) is 5.78 Å². The van der Waals surface area contributed by atoms with Crippen molar-refractivity contribution in [3.8, 4) is 5.88 Å². The third kappa shape index (κ3) is 2.19. The van der Waals surface area contributed by atoms with Crippen molar-refractivity contribution in [1.29, 1.82) is 0 Å². The summed E-state index contributed by atoms with van der Waals surface area (Å²) in [5.41, 5.74) is 2.58. The summed E-state index contributed by atoms with van der Waals surface area (Å²) in [7, 11) is 0. The van der Waals surface area contributed by atoms with Gasteiger partial charge in [-0.25, -0.2) is 0 Å². The SMILES string of the molecule is CC1=C(C(=O)c2ccccc2)c2c([nH]c3cc(Cl)ccc23)OO1. The molecule has 1 aliphatic rings. The quantitative estimate of drug-likeness (QED) is 0.546. The predicted molar refractivity (Wildman–Crippen MR) is 88.4 cm³/mol. The molecule has 2 heterocycles. The normalized spacial score (nSPS) is 13.5. The Bertz CT molecular complexity index is 957. The van der Waals surface area contributed by atoms with Gasteiger partial charge in [0.15, 0.2) is 11.5 Å². The summed E-state index contributed by atoms with van der Waals surface area (Å²) in [5.74, 6) is 0.734. The highest BCUT2D eigenvalue weighted by molar-refractivity contribution is 6.33. The van der Waals surface area contributed by atoms with Crippen molar-refractivity contribution in [2.75, 3.05) is 0 Å². The van der Waals surface area contributed by atoms with Crippen molar-refractivity contribution in [3.05, 3.63) is 70.4 Å². The summed E-state index contributed by atoms with van der Waals surface area (Å²) < 4.78 is 0. The third-order valence-corrected chi connectivity index (χ3v) is 4.08. The van der Waals surface area contributed by atoms with Gasteiger partial charge >= 0.3 is 0 Å². The van der Waals surface area contributed by atoms with Crippen molar-refractivity contribution in [2.24, 2.45) is 0 Å². The van der Waals surface area contributed by atoms with Crippen LogP contribution in [-0.4, -0.2) is 10.8 Å². The zero-order valence-electron chi connectivity index (χ0n) is 12.2. The Labute approximate surface area is 137 Å². The number of halogens is 1. The highest BCUT2D eigenvalue weighted by Gasteiger charge is 2.30. The molecule has 2 aromatic carbocycles. The molecule has 0 saturated heterocycles.